The van der Waals surface area contributed by atoms with Crippen molar-refractivity contribution in [3.63, 3.8) is 0 Å². The highest BCUT2D eigenvalue weighted by Gasteiger charge is 2.06. The lowest BCUT2D eigenvalue weighted by Gasteiger charge is -2.11. The molecule has 1 aromatic carbocycles. The van der Waals surface area contributed by atoms with Crippen LogP contribution < -0.4 is 5.32 Å². The van der Waals surface area contributed by atoms with Crippen molar-refractivity contribution in [1.29, 1.82) is 0 Å². The average Bonchev–Trinajstić information content (AvgIpc) is 2.75. The van der Waals surface area contributed by atoms with Crippen LogP contribution in [0.15, 0.2) is 33.2 Å². The van der Waals surface area contributed by atoms with Crippen molar-refractivity contribution in [3.05, 3.63) is 48.5 Å². The molecule has 0 spiro atoms. The maximum absolute atomic E-state index is 3.60. The summed E-state index contributed by atoms with van der Waals surface area (Å²) in [6.45, 7) is 5.15. The summed E-state index contributed by atoms with van der Waals surface area (Å²) >= 11 is 9.08. The number of hydrogen-bond acceptors (Lipinski definition) is 2. The van der Waals surface area contributed by atoms with Crippen LogP contribution >= 0.6 is 43.2 Å². The lowest BCUT2D eigenvalue weighted by molar-refractivity contribution is 1.18. The summed E-state index contributed by atoms with van der Waals surface area (Å²) in [5.74, 6) is 0. The van der Waals surface area contributed by atoms with Crippen LogP contribution in [0.4, 0.5) is 5.69 Å². The molecule has 4 heteroatoms. The van der Waals surface area contributed by atoms with Crippen molar-refractivity contribution in [2.75, 3.05) is 5.32 Å². The minimum atomic E-state index is 0.866. The predicted molar refractivity (Wildman–Crippen MR) is 87.6 cm³/mol. The molecule has 2 aromatic rings. The van der Waals surface area contributed by atoms with Crippen molar-refractivity contribution in [2.24, 2.45) is 0 Å². The van der Waals surface area contributed by atoms with E-state index in [0.29, 0.717) is 0 Å². The minimum absolute atomic E-state index is 0.866. The van der Waals surface area contributed by atoms with Gasteiger partial charge in [0.15, 0.2) is 0 Å². The van der Waals surface area contributed by atoms with E-state index in [1.807, 2.05) is 11.3 Å². The molecule has 1 N–H and O–H groups in total. The van der Waals surface area contributed by atoms with Gasteiger partial charge in [0.1, 0.15) is 0 Å². The first-order valence-electron chi connectivity index (χ1n) is 5.87. The number of aryl methyl sites for hydroxylation is 2. The van der Waals surface area contributed by atoms with Gasteiger partial charge in [-0.3, -0.25) is 0 Å². The summed E-state index contributed by atoms with van der Waals surface area (Å²) in [7, 11) is 0. The Morgan fingerprint density at radius 1 is 1.11 bits per heavy atom. The van der Waals surface area contributed by atoms with Crippen LogP contribution in [0, 0.1) is 6.92 Å². The van der Waals surface area contributed by atoms with Gasteiger partial charge in [-0.1, -0.05) is 6.92 Å². The second kappa shape index (κ2) is 6.22. The molecule has 1 nitrogen and oxygen atoms in total. The van der Waals surface area contributed by atoms with E-state index >= 15 is 0 Å². The quantitative estimate of drug-likeness (QED) is 0.702. The minimum Gasteiger partial charge on any atom is -0.378 e. The molecule has 0 aliphatic carbocycles. The summed E-state index contributed by atoms with van der Waals surface area (Å²) < 4.78 is 2.20. The lowest BCUT2D eigenvalue weighted by atomic mass is 10.2. The highest BCUT2D eigenvalue weighted by molar-refractivity contribution is 9.11. The second-order valence-electron chi connectivity index (χ2n) is 4.18. The van der Waals surface area contributed by atoms with Gasteiger partial charge in [0.05, 0.1) is 5.69 Å². The van der Waals surface area contributed by atoms with Gasteiger partial charge in [0.25, 0.3) is 0 Å². The molecule has 1 aromatic heterocycles. The van der Waals surface area contributed by atoms with Crippen LogP contribution in [0.5, 0.6) is 0 Å². The molecule has 0 radical (unpaired) electrons. The van der Waals surface area contributed by atoms with E-state index in [2.05, 4.69) is 75.3 Å². The fourth-order valence-corrected chi connectivity index (χ4v) is 4.34. The first kappa shape index (κ1) is 14.1. The average molecular weight is 389 g/mol. The van der Waals surface area contributed by atoms with Crippen molar-refractivity contribution in [2.45, 2.75) is 26.8 Å². The molecular formula is C14H15Br2NS. The molecule has 0 saturated heterocycles. The summed E-state index contributed by atoms with van der Waals surface area (Å²) in [5.41, 5.74) is 2.36. The van der Waals surface area contributed by atoms with E-state index in [9.17, 15) is 0 Å². The number of thiophene rings is 1. The third kappa shape index (κ3) is 3.37. The molecule has 2 rings (SSSR count). The fourth-order valence-electron chi connectivity index (χ4n) is 1.75. The lowest BCUT2D eigenvalue weighted by Crippen LogP contribution is -1.99. The smallest absolute Gasteiger partial charge is 0.0632 e. The van der Waals surface area contributed by atoms with Crippen LogP contribution in [0.2, 0.25) is 0 Å². The molecule has 0 aliphatic heterocycles. The van der Waals surface area contributed by atoms with Gasteiger partial charge in [-0.2, -0.15) is 0 Å². The van der Waals surface area contributed by atoms with Crippen LogP contribution in [-0.4, -0.2) is 0 Å². The van der Waals surface area contributed by atoms with E-state index in [1.165, 1.54) is 15.3 Å². The van der Waals surface area contributed by atoms with Crippen LogP contribution in [-0.2, 0) is 13.0 Å². The summed E-state index contributed by atoms with van der Waals surface area (Å²) in [5, 5.41) is 3.48. The first-order valence-corrected chi connectivity index (χ1v) is 8.27. The van der Waals surface area contributed by atoms with Crippen LogP contribution in [0.25, 0.3) is 0 Å². The maximum atomic E-state index is 3.60. The molecule has 1 heterocycles. The van der Waals surface area contributed by atoms with Crippen LogP contribution in [0.3, 0.4) is 0 Å². The van der Waals surface area contributed by atoms with Gasteiger partial charge in [-0.25, -0.2) is 0 Å². The number of hydrogen-bond donors (Lipinski definition) is 1. The van der Waals surface area contributed by atoms with E-state index in [1.54, 1.807) is 0 Å². The Hall–Kier alpha value is -0.320. The molecular weight excluding hydrogens is 374 g/mol. The summed E-state index contributed by atoms with van der Waals surface area (Å²) in [4.78, 5) is 2.81. The van der Waals surface area contributed by atoms with Gasteiger partial charge >= 0.3 is 0 Å². The molecule has 18 heavy (non-hydrogen) atoms. The Kier molecular flexibility index (Phi) is 4.87. The van der Waals surface area contributed by atoms with Crippen molar-refractivity contribution >= 4 is 48.9 Å². The number of nitrogens with one attached hydrogen (secondary N) is 1. The van der Waals surface area contributed by atoms with E-state index in [-0.39, 0.29) is 0 Å². The highest BCUT2D eigenvalue weighted by Crippen LogP contribution is 2.33. The van der Waals surface area contributed by atoms with E-state index < -0.39 is 0 Å². The Labute approximate surface area is 129 Å². The maximum Gasteiger partial charge on any atom is 0.0632 e. The Morgan fingerprint density at radius 3 is 2.28 bits per heavy atom. The molecule has 0 amide bonds. The number of benzene rings is 1. The molecule has 0 aliphatic rings. The molecule has 0 saturated carbocycles. The molecule has 0 fully saturated rings. The zero-order valence-electron chi connectivity index (χ0n) is 10.4. The van der Waals surface area contributed by atoms with Gasteiger partial charge in [0, 0.05) is 25.2 Å². The third-order valence-corrected chi connectivity index (χ3v) is 5.17. The Morgan fingerprint density at radius 2 is 1.72 bits per heavy atom. The normalized spacial score (nSPS) is 10.7. The predicted octanol–water partition coefficient (Wildman–Crippen LogP) is 5.76. The Balaban J connectivity index is 2.10. The monoisotopic (exact) mass is 387 g/mol. The van der Waals surface area contributed by atoms with E-state index in [0.717, 1.165) is 27.6 Å². The standard InChI is InChI=1S/C14H15Br2NS/c1-3-10-4-5-11(18-10)8-17-14-12(15)6-9(2)7-13(14)16/h4-7,17H,3,8H2,1-2H3. The topological polar surface area (TPSA) is 12.0 Å². The van der Waals surface area contributed by atoms with Gasteiger partial charge in [-0.05, 0) is 75.0 Å². The SMILES string of the molecule is CCc1ccc(CNc2c(Br)cc(C)cc2Br)s1. The molecule has 0 unspecified atom stereocenters. The van der Waals surface area contributed by atoms with Crippen molar-refractivity contribution < 1.29 is 0 Å². The number of rotatable bonds is 4. The Bertz CT molecular complexity index is 525. The summed E-state index contributed by atoms with van der Waals surface area (Å²) in [6.07, 6.45) is 1.11. The van der Waals surface area contributed by atoms with Crippen LogP contribution in [0.1, 0.15) is 22.2 Å². The number of halogens is 2. The van der Waals surface area contributed by atoms with Gasteiger partial charge < -0.3 is 5.32 Å². The van der Waals surface area contributed by atoms with Crippen molar-refractivity contribution in [3.8, 4) is 0 Å². The van der Waals surface area contributed by atoms with Crippen molar-refractivity contribution in [1.82, 2.24) is 0 Å². The highest BCUT2D eigenvalue weighted by atomic mass is 79.9. The summed E-state index contributed by atoms with van der Waals surface area (Å²) in [6, 6.07) is 8.66. The van der Waals surface area contributed by atoms with Gasteiger partial charge in [-0.15, -0.1) is 11.3 Å². The molecule has 0 atom stereocenters. The van der Waals surface area contributed by atoms with E-state index in [4.69, 9.17) is 0 Å². The first-order chi connectivity index (χ1) is 8.60. The molecule has 0 bridgehead atoms. The second-order valence-corrected chi connectivity index (χ2v) is 7.14. The van der Waals surface area contributed by atoms with Gasteiger partial charge in [0.2, 0.25) is 0 Å². The largest absolute Gasteiger partial charge is 0.378 e. The molecule has 96 valence electrons. The zero-order chi connectivity index (χ0) is 13.1. The fraction of sp³-hybridized carbons (Fsp3) is 0.286. The zero-order valence-corrected chi connectivity index (χ0v) is 14.4. The number of anilines is 1. The third-order valence-electron chi connectivity index (χ3n) is 2.69.